The summed E-state index contributed by atoms with van der Waals surface area (Å²) in [4.78, 5) is 25.5. The smallest absolute Gasteiger partial charge is 0.273 e. The van der Waals surface area contributed by atoms with E-state index in [0.717, 1.165) is 16.0 Å². The number of anilines is 2. The predicted molar refractivity (Wildman–Crippen MR) is 136 cm³/mol. The lowest BCUT2D eigenvalue weighted by molar-refractivity contribution is 0.0260. The zero-order valence-corrected chi connectivity index (χ0v) is 20.6. The maximum absolute atomic E-state index is 15.2. The summed E-state index contributed by atoms with van der Waals surface area (Å²) < 4.78 is 15.9. The minimum Gasteiger partial charge on any atom is -0.383 e. The first kappa shape index (κ1) is 24.8. The van der Waals surface area contributed by atoms with Crippen LogP contribution in [0.2, 0.25) is 0 Å². The molecule has 4 rings (SSSR count). The summed E-state index contributed by atoms with van der Waals surface area (Å²) in [7, 11) is 0. The highest BCUT2D eigenvalue weighted by atomic mass is 32.2. The van der Waals surface area contributed by atoms with Crippen molar-refractivity contribution in [2.45, 2.75) is 34.5 Å². The molecule has 1 amide bonds. The molecule has 0 spiro atoms. The number of pyridine rings is 2. The van der Waals surface area contributed by atoms with Crippen molar-refractivity contribution in [2.75, 3.05) is 11.9 Å². The fourth-order valence-electron chi connectivity index (χ4n) is 3.49. The number of benzene rings is 1. The molecule has 0 saturated heterocycles. The number of aliphatic hydroxyl groups is 1. The quantitative estimate of drug-likeness (QED) is 0.264. The Kier molecular flexibility index (Phi) is 8.06. The van der Waals surface area contributed by atoms with Crippen LogP contribution in [-0.4, -0.2) is 32.5 Å². The molecular weight excluding hydrogens is 485 g/mol. The molecule has 0 radical (unpaired) electrons. The van der Waals surface area contributed by atoms with Crippen LogP contribution in [-0.2, 0) is 5.60 Å². The van der Waals surface area contributed by atoms with Crippen LogP contribution in [0.15, 0.2) is 82.3 Å². The Morgan fingerprint density at radius 1 is 1.09 bits per heavy atom. The zero-order chi connectivity index (χ0) is 24.7. The Hall–Kier alpha value is -3.34. The highest BCUT2D eigenvalue weighted by Gasteiger charge is 2.29. The monoisotopic (exact) mass is 509 g/mol. The summed E-state index contributed by atoms with van der Waals surface area (Å²) in [6, 6.07) is 16.2. The molecular formula is C25H24FN5O2S2. The van der Waals surface area contributed by atoms with E-state index in [4.69, 9.17) is 0 Å². The van der Waals surface area contributed by atoms with Gasteiger partial charge in [0.05, 0.1) is 21.8 Å². The second-order valence-electron chi connectivity index (χ2n) is 7.73. The van der Waals surface area contributed by atoms with Crippen LogP contribution in [0.1, 0.15) is 35.8 Å². The van der Waals surface area contributed by atoms with E-state index in [1.54, 1.807) is 12.4 Å². The summed E-state index contributed by atoms with van der Waals surface area (Å²) in [6.45, 7) is 1.90. The SMILES string of the molecule is CCCC(O)(CNC(=O)c1nccc(Sc2cnc(Nc3ccccn3)s2)c1F)c1ccccc1. The number of rotatable bonds is 10. The van der Waals surface area contributed by atoms with Crippen LogP contribution < -0.4 is 10.6 Å². The molecule has 3 heterocycles. The molecule has 0 fully saturated rings. The molecule has 3 N–H and O–H groups in total. The van der Waals surface area contributed by atoms with Crippen molar-refractivity contribution >= 4 is 40.0 Å². The number of hydrogen-bond donors (Lipinski definition) is 3. The molecule has 0 saturated carbocycles. The largest absolute Gasteiger partial charge is 0.383 e. The van der Waals surface area contributed by atoms with Gasteiger partial charge in [-0.2, -0.15) is 0 Å². The summed E-state index contributed by atoms with van der Waals surface area (Å²) in [5.74, 6) is -0.746. The number of nitrogens with zero attached hydrogens (tertiary/aromatic N) is 3. The van der Waals surface area contributed by atoms with Crippen molar-refractivity contribution in [3.05, 3.63) is 90.3 Å². The Balaban J connectivity index is 1.44. The van der Waals surface area contributed by atoms with E-state index in [2.05, 4.69) is 25.6 Å². The van der Waals surface area contributed by atoms with Crippen LogP contribution in [0, 0.1) is 5.82 Å². The van der Waals surface area contributed by atoms with Crippen LogP contribution >= 0.6 is 23.1 Å². The van der Waals surface area contributed by atoms with Crippen molar-refractivity contribution in [3.63, 3.8) is 0 Å². The van der Waals surface area contributed by atoms with Gasteiger partial charge in [0.15, 0.2) is 16.6 Å². The molecule has 1 atom stereocenters. The predicted octanol–water partition coefficient (Wildman–Crippen LogP) is 5.38. The lowest BCUT2D eigenvalue weighted by Gasteiger charge is -2.28. The number of hydrogen-bond acceptors (Lipinski definition) is 8. The Labute approximate surface area is 210 Å². The Morgan fingerprint density at radius 2 is 1.89 bits per heavy atom. The van der Waals surface area contributed by atoms with Gasteiger partial charge in [0.25, 0.3) is 5.91 Å². The molecule has 10 heteroatoms. The van der Waals surface area contributed by atoms with Gasteiger partial charge in [-0.05, 0) is 30.2 Å². The standard InChI is InChI=1S/C25H24FN5O2S2/c1-2-12-25(33,17-8-4-3-5-9-17)16-30-23(32)22-21(26)18(11-14-28-22)34-20-15-29-24(35-20)31-19-10-6-7-13-27-19/h3-11,13-15,33H,2,12,16H2,1H3,(H,30,32)(H,27,29,31). The van der Waals surface area contributed by atoms with Crippen molar-refractivity contribution in [3.8, 4) is 0 Å². The van der Waals surface area contributed by atoms with Crippen molar-refractivity contribution < 1.29 is 14.3 Å². The highest BCUT2D eigenvalue weighted by molar-refractivity contribution is 8.01. The molecule has 180 valence electrons. The van der Waals surface area contributed by atoms with E-state index >= 15 is 4.39 Å². The molecule has 0 aliphatic rings. The fourth-order valence-corrected chi connectivity index (χ4v) is 5.36. The first-order valence-corrected chi connectivity index (χ1v) is 12.6. The lowest BCUT2D eigenvalue weighted by Crippen LogP contribution is -2.41. The van der Waals surface area contributed by atoms with E-state index in [0.29, 0.717) is 29.4 Å². The number of nitrogens with one attached hydrogen (secondary N) is 2. The van der Waals surface area contributed by atoms with E-state index in [1.165, 1.54) is 23.6 Å². The molecule has 35 heavy (non-hydrogen) atoms. The first-order chi connectivity index (χ1) is 17.0. The molecule has 0 aliphatic heterocycles. The van der Waals surface area contributed by atoms with Gasteiger partial charge in [-0.15, -0.1) is 0 Å². The summed E-state index contributed by atoms with van der Waals surface area (Å²) in [5.41, 5.74) is -0.882. The number of halogens is 1. The fraction of sp³-hybridized carbons (Fsp3) is 0.200. The third kappa shape index (κ3) is 6.21. The second-order valence-corrected chi connectivity index (χ2v) is 10.1. The first-order valence-electron chi connectivity index (χ1n) is 11.0. The third-order valence-corrected chi connectivity index (χ3v) is 7.23. The van der Waals surface area contributed by atoms with Crippen LogP contribution in [0.4, 0.5) is 15.3 Å². The van der Waals surface area contributed by atoms with E-state index < -0.39 is 17.3 Å². The van der Waals surface area contributed by atoms with Gasteiger partial charge in [-0.25, -0.2) is 19.3 Å². The van der Waals surface area contributed by atoms with Crippen LogP contribution in [0.5, 0.6) is 0 Å². The van der Waals surface area contributed by atoms with Gasteiger partial charge in [-0.3, -0.25) is 4.79 Å². The number of carbonyl (C=O) groups is 1. The molecule has 7 nitrogen and oxygen atoms in total. The van der Waals surface area contributed by atoms with Gasteiger partial charge in [0.1, 0.15) is 11.4 Å². The number of amides is 1. The van der Waals surface area contributed by atoms with Crippen molar-refractivity contribution in [1.29, 1.82) is 0 Å². The molecule has 4 aromatic rings. The minimum absolute atomic E-state index is 0.0560. The second kappa shape index (κ2) is 11.4. The molecule has 1 unspecified atom stereocenters. The molecule has 0 bridgehead atoms. The van der Waals surface area contributed by atoms with Crippen molar-refractivity contribution in [2.24, 2.45) is 0 Å². The molecule has 3 aromatic heterocycles. The van der Waals surface area contributed by atoms with Gasteiger partial charge >= 0.3 is 0 Å². The molecule has 1 aromatic carbocycles. The summed E-state index contributed by atoms with van der Waals surface area (Å²) in [5, 5.41) is 17.5. The average Bonchev–Trinajstić information content (AvgIpc) is 3.32. The molecule has 0 aliphatic carbocycles. The van der Waals surface area contributed by atoms with Gasteiger partial charge in [-0.1, -0.05) is 72.8 Å². The van der Waals surface area contributed by atoms with E-state index in [-0.39, 0.29) is 17.1 Å². The van der Waals surface area contributed by atoms with Crippen molar-refractivity contribution in [1.82, 2.24) is 20.3 Å². The van der Waals surface area contributed by atoms with E-state index in [9.17, 15) is 9.90 Å². The maximum atomic E-state index is 15.2. The van der Waals surface area contributed by atoms with Crippen LogP contribution in [0.3, 0.4) is 0 Å². The summed E-state index contributed by atoms with van der Waals surface area (Å²) >= 11 is 2.50. The lowest BCUT2D eigenvalue weighted by atomic mass is 9.89. The average molecular weight is 510 g/mol. The van der Waals surface area contributed by atoms with Crippen LogP contribution in [0.25, 0.3) is 0 Å². The van der Waals surface area contributed by atoms with Gasteiger partial charge in [0.2, 0.25) is 0 Å². The zero-order valence-electron chi connectivity index (χ0n) is 18.9. The normalized spacial score (nSPS) is 12.7. The summed E-state index contributed by atoms with van der Waals surface area (Å²) in [6.07, 6.45) is 5.86. The van der Waals surface area contributed by atoms with Gasteiger partial charge in [0, 0.05) is 12.4 Å². The highest BCUT2D eigenvalue weighted by Crippen LogP contribution is 2.36. The number of carbonyl (C=O) groups excluding carboxylic acids is 1. The Bertz CT molecular complexity index is 1270. The Morgan fingerprint density at radius 3 is 2.63 bits per heavy atom. The van der Waals surface area contributed by atoms with Gasteiger partial charge < -0.3 is 15.7 Å². The topological polar surface area (TPSA) is 100 Å². The number of aromatic nitrogens is 3. The van der Waals surface area contributed by atoms with E-state index in [1.807, 2.05) is 55.5 Å². The maximum Gasteiger partial charge on any atom is 0.273 e. The minimum atomic E-state index is -1.26. The third-order valence-electron chi connectivity index (χ3n) is 5.18. The number of thiazole rings is 1.